The fourth-order valence-electron chi connectivity index (χ4n) is 1.51. The summed E-state index contributed by atoms with van der Waals surface area (Å²) in [5, 5.41) is 11.6. The van der Waals surface area contributed by atoms with Gasteiger partial charge in [0.2, 0.25) is 5.82 Å². The van der Waals surface area contributed by atoms with Gasteiger partial charge in [0.05, 0.1) is 11.5 Å². The van der Waals surface area contributed by atoms with Crippen molar-refractivity contribution in [2.75, 3.05) is 6.54 Å². The Morgan fingerprint density at radius 2 is 2.28 bits per heavy atom. The maximum atomic E-state index is 5.61. The zero-order valence-electron chi connectivity index (χ0n) is 10.0. The summed E-state index contributed by atoms with van der Waals surface area (Å²) in [7, 11) is 1.72. The number of rotatable bonds is 5. The maximum Gasteiger partial charge on any atom is 0.212 e. The lowest BCUT2D eigenvalue weighted by molar-refractivity contribution is 0.293. The largest absolute Gasteiger partial charge is 0.484 e. The molecule has 0 fully saturated rings. The van der Waals surface area contributed by atoms with E-state index in [1.165, 1.54) is 10.4 Å². The Morgan fingerprint density at radius 3 is 2.89 bits per heavy atom. The van der Waals surface area contributed by atoms with E-state index in [1.807, 2.05) is 18.2 Å². The molecule has 0 saturated heterocycles. The van der Waals surface area contributed by atoms with E-state index in [0.29, 0.717) is 19.0 Å². The predicted molar refractivity (Wildman–Crippen MR) is 70.0 cm³/mol. The Hall–Kier alpha value is -1.47. The minimum atomic E-state index is 0.294. The van der Waals surface area contributed by atoms with Gasteiger partial charge in [0.25, 0.3) is 0 Å². The van der Waals surface area contributed by atoms with Crippen molar-refractivity contribution in [1.82, 2.24) is 20.2 Å². The summed E-state index contributed by atoms with van der Waals surface area (Å²) < 4.78 is 6.51. The summed E-state index contributed by atoms with van der Waals surface area (Å²) in [6, 6.07) is 5.91. The highest BCUT2D eigenvalue weighted by Gasteiger charge is 2.05. The van der Waals surface area contributed by atoms with E-state index < -0.39 is 0 Å². The van der Waals surface area contributed by atoms with Crippen molar-refractivity contribution in [3.05, 3.63) is 34.1 Å². The quantitative estimate of drug-likeness (QED) is 0.893. The lowest BCUT2D eigenvalue weighted by Gasteiger charge is -2.07. The van der Waals surface area contributed by atoms with Crippen LogP contribution in [-0.2, 0) is 20.1 Å². The average Bonchev–Trinajstić information content (AvgIpc) is 2.74. The number of nitrogens with zero attached hydrogens (tertiary/aromatic N) is 4. The van der Waals surface area contributed by atoms with Crippen molar-refractivity contribution >= 4 is 15.9 Å². The van der Waals surface area contributed by atoms with Gasteiger partial charge in [-0.25, -0.2) is 0 Å². The Morgan fingerprint density at radius 1 is 1.44 bits per heavy atom. The van der Waals surface area contributed by atoms with Crippen LogP contribution in [0.15, 0.2) is 22.7 Å². The van der Waals surface area contributed by atoms with Crippen LogP contribution in [0.1, 0.15) is 11.4 Å². The summed E-state index contributed by atoms with van der Waals surface area (Å²) in [6.07, 6.45) is 0.852. The molecule has 0 amide bonds. The first-order valence-corrected chi connectivity index (χ1v) is 6.32. The molecule has 2 aromatic rings. The predicted octanol–water partition coefficient (Wildman–Crippen LogP) is 1.05. The summed E-state index contributed by atoms with van der Waals surface area (Å²) in [6.45, 7) is 0.929. The van der Waals surface area contributed by atoms with Crippen LogP contribution in [0.25, 0.3) is 0 Å². The molecule has 0 radical (unpaired) electrons. The highest BCUT2D eigenvalue weighted by Crippen LogP contribution is 2.26. The van der Waals surface area contributed by atoms with E-state index in [2.05, 4.69) is 31.3 Å². The topological polar surface area (TPSA) is 78.8 Å². The number of nitrogens with two attached hydrogens (primary N) is 1. The van der Waals surface area contributed by atoms with E-state index in [0.717, 1.165) is 16.6 Å². The summed E-state index contributed by atoms with van der Waals surface area (Å²) in [5.41, 5.74) is 6.69. The maximum absolute atomic E-state index is 5.61. The van der Waals surface area contributed by atoms with Crippen molar-refractivity contribution in [3.8, 4) is 5.75 Å². The van der Waals surface area contributed by atoms with Crippen LogP contribution in [0.2, 0.25) is 0 Å². The van der Waals surface area contributed by atoms with Crippen LogP contribution in [0, 0.1) is 0 Å². The summed E-state index contributed by atoms with van der Waals surface area (Å²) >= 11 is 3.47. The molecule has 0 spiro atoms. The lowest BCUT2D eigenvalue weighted by atomic mass is 10.1. The molecule has 1 heterocycles. The third-order valence-corrected chi connectivity index (χ3v) is 2.96. The van der Waals surface area contributed by atoms with E-state index in [1.54, 1.807) is 7.05 Å². The highest BCUT2D eigenvalue weighted by molar-refractivity contribution is 9.10. The van der Waals surface area contributed by atoms with Gasteiger partial charge in [-0.1, -0.05) is 6.07 Å². The third kappa shape index (κ3) is 3.27. The first kappa shape index (κ1) is 13.0. The van der Waals surface area contributed by atoms with Gasteiger partial charge in [0.15, 0.2) is 6.61 Å². The monoisotopic (exact) mass is 311 g/mol. The minimum Gasteiger partial charge on any atom is -0.484 e. The molecule has 0 aliphatic rings. The second kappa shape index (κ2) is 5.92. The van der Waals surface area contributed by atoms with E-state index in [9.17, 15) is 0 Å². The Kier molecular flexibility index (Phi) is 4.27. The van der Waals surface area contributed by atoms with Crippen molar-refractivity contribution in [3.63, 3.8) is 0 Å². The summed E-state index contributed by atoms with van der Waals surface area (Å²) in [4.78, 5) is 1.40. The van der Waals surface area contributed by atoms with Gasteiger partial charge in [-0.3, -0.25) is 0 Å². The van der Waals surface area contributed by atoms with Gasteiger partial charge in [-0.15, -0.1) is 10.2 Å². The van der Waals surface area contributed by atoms with Crippen LogP contribution in [0.4, 0.5) is 0 Å². The van der Waals surface area contributed by atoms with Gasteiger partial charge >= 0.3 is 0 Å². The molecule has 0 aliphatic heterocycles. The van der Waals surface area contributed by atoms with Crippen molar-refractivity contribution in [2.24, 2.45) is 12.8 Å². The van der Waals surface area contributed by atoms with Gasteiger partial charge in [0, 0.05) is 0 Å². The molecule has 6 nitrogen and oxygen atoms in total. The summed E-state index contributed by atoms with van der Waals surface area (Å²) in [5.74, 6) is 1.30. The number of hydrogen-bond acceptors (Lipinski definition) is 5. The molecule has 0 aliphatic carbocycles. The number of halogens is 1. The van der Waals surface area contributed by atoms with Crippen molar-refractivity contribution in [1.29, 1.82) is 0 Å². The average molecular weight is 312 g/mol. The molecule has 18 heavy (non-hydrogen) atoms. The molecule has 0 atom stereocenters. The van der Waals surface area contributed by atoms with Crippen molar-refractivity contribution in [2.45, 2.75) is 13.0 Å². The Balaban J connectivity index is 2.01. The second-order valence-corrected chi connectivity index (χ2v) is 4.64. The Bertz CT molecular complexity index is 528. The zero-order valence-corrected chi connectivity index (χ0v) is 11.6. The molecular formula is C11H14BrN5O. The van der Waals surface area contributed by atoms with Gasteiger partial charge in [0.1, 0.15) is 5.75 Å². The number of aryl methyl sites for hydroxylation is 1. The van der Waals surface area contributed by atoms with Gasteiger partial charge in [-0.2, -0.15) is 4.80 Å². The molecule has 0 bridgehead atoms. The lowest BCUT2D eigenvalue weighted by Crippen LogP contribution is -2.03. The molecule has 96 valence electrons. The molecule has 2 rings (SSSR count). The number of hydrogen-bond donors (Lipinski definition) is 1. The molecule has 7 heteroatoms. The molecule has 0 saturated carbocycles. The first-order valence-electron chi connectivity index (χ1n) is 5.53. The van der Waals surface area contributed by atoms with Crippen LogP contribution >= 0.6 is 15.9 Å². The molecule has 1 aromatic carbocycles. The molecule has 1 aromatic heterocycles. The first-order chi connectivity index (χ1) is 8.69. The molecule has 0 unspecified atom stereocenters. The number of ether oxygens (including phenoxy) is 1. The zero-order chi connectivity index (χ0) is 13.0. The van der Waals surface area contributed by atoms with E-state index in [4.69, 9.17) is 10.5 Å². The van der Waals surface area contributed by atoms with E-state index >= 15 is 0 Å². The van der Waals surface area contributed by atoms with Gasteiger partial charge < -0.3 is 10.5 Å². The fraction of sp³-hybridized carbons (Fsp3) is 0.364. The van der Waals surface area contributed by atoms with Crippen molar-refractivity contribution < 1.29 is 4.74 Å². The number of benzene rings is 1. The molecular weight excluding hydrogens is 298 g/mol. The molecule has 2 N–H and O–H groups in total. The standard InChI is InChI=1S/C11H14BrN5O/c1-17-15-11(14-16-17)7-18-10-3-2-8(4-5-13)6-9(10)12/h2-3,6H,4-5,7,13H2,1H3. The highest BCUT2D eigenvalue weighted by atomic mass is 79.9. The third-order valence-electron chi connectivity index (χ3n) is 2.34. The van der Waals surface area contributed by atoms with Crippen LogP contribution < -0.4 is 10.5 Å². The Labute approximate surface area is 113 Å². The number of tetrazole rings is 1. The van der Waals surface area contributed by atoms with Crippen LogP contribution in [0.3, 0.4) is 0 Å². The normalized spacial score (nSPS) is 10.6. The smallest absolute Gasteiger partial charge is 0.212 e. The second-order valence-electron chi connectivity index (χ2n) is 3.79. The van der Waals surface area contributed by atoms with E-state index in [-0.39, 0.29) is 0 Å². The van der Waals surface area contributed by atoms with Crippen LogP contribution in [0.5, 0.6) is 5.75 Å². The van der Waals surface area contributed by atoms with Crippen LogP contribution in [-0.4, -0.2) is 26.8 Å². The fourth-order valence-corrected chi connectivity index (χ4v) is 2.05. The SMILES string of the molecule is Cn1nnc(COc2ccc(CCN)cc2Br)n1. The minimum absolute atomic E-state index is 0.294. The van der Waals surface area contributed by atoms with Gasteiger partial charge in [-0.05, 0) is 51.8 Å². The number of aromatic nitrogens is 4.